The summed E-state index contributed by atoms with van der Waals surface area (Å²) in [5, 5.41) is 7.86. The number of amides is 1. The van der Waals surface area contributed by atoms with E-state index in [4.69, 9.17) is 21.6 Å². The molecule has 37 heavy (non-hydrogen) atoms. The fourth-order valence-electron chi connectivity index (χ4n) is 4.72. The van der Waals surface area contributed by atoms with Crippen LogP contribution in [0.3, 0.4) is 0 Å². The molecule has 0 aliphatic carbocycles. The number of carbonyl (C=O) groups is 1. The average molecular weight is 548 g/mol. The van der Waals surface area contributed by atoms with E-state index >= 15 is 0 Å². The third kappa shape index (κ3) is 4.94. The SMILES string of the molecule is Cc1c(Cl)ccc2sc(N3CCN(CCNC(=O)c4cc(-c5cccs5)nc5ccccc45)CC3)nc12. The summed E-state index contributed by atoms with van der Waals surface area (Å²) in [4.78, 5) is 28.7. The monoisotopic (exact) mass is 547 g/mol. The van der Waals surface area contributed by atoms with Crippen LogP contribution in [0.2, 0.25) is 5.02 Å². The van der Waals surface area contributed by atoms with Crippen molar-refractivity contribution in [1.82, 2.24) is 20.2 Å². The number of aromatic nitrogens is 2. The first-order valence-electron chi connectivity index (χ1n) is 12.3. The highest BCUT2D eigenvalue weighted by molar-refractivity contribution is 7.22. The normalized spacial score (nSPS) is 14.5. The number of aryl methyl sites for hydroxylation is 1. The molecule has 0 spiro atoms. The quantitative estimate of drug-likeness (QED) is 0.279. The Balaban J connectivity index is 1.07. The Morgan fingerprint density at radius 3 is 2.70 bits per heavy atom. The summed E-state index contributed by atoms with van der Waals surface area (Å²) < 4.78 is 1.17. The van der Waals surface area contributed by atoms with E-state index in [2.05, 4.69) is 21.2 Å². The smallest absolute Gasteiger partial charge is 0.252 e. The second-order valence-electron chi connectivity index (χ2n) is 9.15. The molecule has 0 bridgehead atoms. The van der Waals surface area contributed by atoms with Gasteiger partial charge in [0, 0.05) is 49.7 Å². The molecule has 1 N–H and O–H groups in total. The highest BCUT2D eigenvalue weighted by Gasteiger charge is 2.21. The summed E-state index contributed by atoms with van der Waals surface area (Å²) in [7, 11) is 0. The largest absolute Gasteiger partial charge is 0.351 e. The number of hydrogen-bond acceptors (Lipinski definition) is 7. The summed E-state index contributed by atoms with van der Waals surface area (Å²) >= 11 is 9.64. The molecule has 0 unspecified atom stereocenters. The molecule has 0 radical (unpaired) electrons. The molecule has 0 saturated carbocycles. The molecule has 1 aliphatic heterocycles. The predicted octanol–water partition coefficient (Wildman–Crippen LogP) is 6.09. The van der Waals surface area contributed by atoms with Crippen LogP contribution < -0.4 is 10.2 Å². The number of para-hydroxylation sites is 1. The number of thiazole rings is 1. The van der Waals surface area contributed by atoms with Crippen molar-refractivity contribution >= 4 is 66.4 Å². The van der Waals surface area contributed by atoms with Crippen molar-refractivity contribution in [2.24, 2.45) is 0 Å². The lowest BCUT2D eigenvalue weighted by Crippen LogP contribution is -2.48. The van der Waals surface area contributed by atoms with Gasteiger partial charge in [0.25, 0.3) is 5.91 Å². The lowest BCUT2D eigenvalue weighted by Gasteiger charge is -2.34. The molecule has 1 fully saturated rings. The number of halogens is 1. The third-order valence-electron chi connectivity index (χ3n) is 6.83. The molecule has 0 atom stereocenters. The Morgan fingerprint density at radius 2 is 1.89 bits per heavy atom. The number of benzene rings is 2. The van der Waals surface area contributed by atoms with Crippen molar-refractivity contribution in [3.8, 4) is 10.6 Å². The lowest BCUT2D eigenvalue weighted by atomic mass is 10.1. The van der Waals surface area contributed by atoms with E-state index in [-0.39, 0.29) is 5.91 Å². The van der Waals surface area contributed by atoms with Gasteiger partial charge in [0.15, 0.2) is 5.13 Å². The fourth-order valence-corrected chi connectivity index (χ4v) is 6.64. The Hall–Kier alpha value is -3.04. The van der Waals surface area contributed by atoms with Crippen LogP contribution in [0.5, 0.6) is 0 Å². The minimum atomic E-state index is -0.0569. The van der Waals surface area contributed by atoms with E-state index in [0.29, 0.717) is 12.1 Å². The zero-order valence-corrected chi connectivity index (χ0v) is 22.8. The van der Waals surface area contributed by atoms with E-state index in [9.17, 15) is 4.79 Å². The van der Waals surface area contributed by atoms with Gasteiger partial charge in [0.05, 0.1) is 31.9 Å². The third-order valence-corrected chi connectivity index (χ3v) is 9.21. The van der Waals surface area contributed by atoms with Crippen molar-refractivity contribution in [2.75, 3.05) is 44.2 Å². The zero-order chi connectivity index (χ0) is 25.4. The number of thiophene rings is 1. The molecule has 6 nitrogen and oxygen atoms in total. The molecule has 1 aliphatic rings. The molecule has 1 amide bonds. The molecule has 3 aromatic heterocycles. The maximum atomic E-state index is 13.2. The first kappa shape index (κ1) is 24.3. The first-order valence-corrected chi connectivity index (χ1v) is 14.4. The fraction of sp³-hybridized carbons (Fsp3) is 0.250. The van der Waals surface area contributed by atoms with Crippen LogP contribution in [-0.2, 0) is 0 Å². The van der Waals surface area contributed by atoms with Crippen LogP contribution in [0.25, 0.3) is 31.7 Å². The Labute approximate surface area is 228 Å². The minimum Gasteiger partial charge on any atom is -0.351 e. The maximum absolute atomic E-state index is 13.2. The number of anilines is 1. The number of rotatable bonds is 6. The number of nitrogens with zero attached hydrogens (tertiary/aromatic N) is 4. The Kier molecular flexibility index (Phi) is 6.82. The highest BCUT2D eigenvalue weighted by atomic mass is 35.5. The van der Waals surface area contributed by atoms with Gasteiger partial charge in [-0.15, -0.1) is 11.3 Å². The van der Waals surface area contributed by atoms with E-state index in [0.717, 1.165) is 75.4 Å². The summed E-state index contributed by atoms with van der Waals surface area (Å²) in [6.07, 6.45) is 0. The van der Waals surface area contributed by atoms with Gasteiger partial charge < -0.3 is 10.2 Å². The van der Waals surface area contributed by atoms with Crippen LogP contribution in [0.1, 0.15) is 15.9 Å². The molecular weight excluding hydrogens is 522 g/mol. The van der Waals surface area contributed by atoms with Crippen LogP contribution in [0.4, 0.5) is 5.13 Å². The molecular formula is C28H26ClN5OS2. The highest BCUT2D eigenvalue weighted by Crippen LogP contribution is 2.34. The van der Waals surface area contributed by atoms with Gasteiger partial charge in [-0.25, -0.2) is 9.97 Å². The second kappa shape index (κ2) is 10.4. The molecule has 4 heterocycles. The summed E-state index contributed by atoms with van der Waals surface area (Å²) in [5.74, 6) is -0.0569. The zero-order valence-electron chi connectivity index (χ0n) is 20.4. The van der Waals surface area contributed by atoms with Crippen molar-refractivity contribution in [3.05, 3.63) is 76.1 Å². The number of nitrogens with one attached hydrogen (secondary N) is 1. The minimum absolute atomic E-state index is 0.0569. The molecule has 9 heteroatoms. The van der Waals surface area contributed by atoms with Gasteiger partial charge in [-0.3, -0.25) is 9.69 Å². The van der Waals surface area contributed by atoms with Crippen LogP contribution in [0.15, 0.2) is 60.0 Å². The van der Waals surface area contributed by atoms with Crippen LogP contribution in [0, 0.1) is 6.92 Å². The molecule has 188 valence electrons. The summed E-state index contributed by atoms with van der Waals surface area (Å²) in [6.45, 7) is 7.15. The van der Waals surface area contributed by atoms with Crippen LogP contribution in [-0.4, -0.2) is 60.0 Å². The number of pyridine rings is 1. The molecule has 1 saturated heterocycles. The Morgan fingerprint density at radius 1 is 1.05 bits per heavy atom. The number of piperazine rings is 1. The van der Waals surface area contributed by atoms with Crippen molar-refractivity contribution in [1.29, 1.82) is 0 Å². The summed E-state index contributed by atoms with van der Waals surface area (Å²) in [6, 6.07) is 17.8. The molecule has 2 aromatic carbocycles. The van der Waals surface area contributed by atoms with E-state index in [1.54, 1.807) is 22.7 Å². The van der Waals surface area contributed by atoms with E-state index in [1.165, 1.54) is 4.70 Å². The van der Waals surface area contributed by atoms with Gasteiger partial charge in [0.1, 0.15) is 0 Å². The van der Waals surface area contributed by atoms with Gasteiger partial charge in [-0.05, 0) is 48.2 Å². The Bertz CT molecular complexity index is 1570. The van der Waals surface area contributed by atoms with E-state index in [1.807, 2.05) is 60.8 Å². The standard InChI is InChI=1S/C28H26ClN5OS2/c1-18-21(29)8-9-25-26(18)32-28(37-25)34-14-12-33(13-15-34)11-10-30-27(35)20-17-23(24-7-4-16-36-24)31-22-6-3-2-5-19(20)22/h2-9,16-17H,10-15H2,1H3,(H,30,35). The van der Waals surface area contributed by atoms with Crippen molar-refractivity contribution in [3.63, 3.8) is 0 Å². The first-order chi connectivity index (χ1) is 18.1. The van der Waals surface area contributed by atoms with Gasteiger partial charge >= 0.3 is 0 Å². The number of hydrogen-bond donors (Lipinski definition) is 1. The van der Waals surface area contributed by atoms with Gasteiger partial charge in [0.2, 0.25) is 0 Å². The summed E-state index contributed by atoms with van der Waals surface area (Å²) in [5.41, 5.74) is 4.39. The van der Waals surface area contributed by atoms with Gasteiger partial charge in [-0.1, -0.05) is 47.2 Å². The van der Waals surface area contributed by atoms with Crippen molar-refractivity contribution in [2.45, 2.75) is 6.92 Å². The van der Waals surface area contributed by atoms with Crippen molar-refractivity contribution < 1.29 is 4.79 Å². The molecule has 5 aromatic rings. The van der Waals surface area contributed by atoms with Crippen LogP contribution >= 0.6 is 34.3 Å². The van der Waals surface area contributed by atoms with Gasteiger partial charge in [-0.2, -0.15) is 0 Å². The topological polar surface area (TPSA) is 61.4 Å². The predicted molar refractivity (Wildman–Crippen MR) is 155 cm³/mol. The lowest BCUT2D eigenvalue weighted by molar-refractivity contribution is 0.0949. The number of carbonyl (C=O) groups excluding carboxylic acids is 1. The number of fused-ring (bicyclic) bond motifs is 2. The second-order valence-corrected chi connectivity index (χ2v) is 11.5. The average Bonchev–Trinajstić information content (AvgIpc) is 3.62. The molecule has 6 rings (SSSR count). The van der Waals surface area contributed by atoms with E-state index < -0.39 is 0 Å². The maximum Gasteiger partial charge on any atom is 0.252 e.